The number of rotatable bonds is 9. The van der Waals surface area contributed by atoms with E-state index in [0.29, 0.717) is 49.7 Å². The summed E-state index contributed by atoms with van der Waals surface area (Å²) in [6, 6.07) is 0. The van der Waals surface area contributed by atoms with Crippen LogP contribution in [0.1, 0.15) is 52.4 Å². The van der Waals surface area contributed by atoms with Crippen molar-refractivity contribution < 1.29 is 52.6 Å². The molecule has 13 nitrogen and oxygen atoms in total. The van der Waals surface area contributed by atoms with Crippen LogP contribution in [0, 0.1) is 0 Å². The first-order valence-corrected chi connectivity index (χ1v) is 10.7. The summed E-state index contributed by atoms with van der Waals surface area (Å²) in [6.45, 7) is 9.15. The van der Waals surface area contributed by atoms with E-state index >= 15 is 0 Å². The van der Waals surface area contributed by atoms with Crippen LogP contribution in [-0.2, 0) is 43.0 Å². The predicted octanol–water partition coefficient (Wildman–Crippen LogP) is 2.49. The molecular weight excluding hydrogens is 456 g/mol. The second-order valence-corrected chi connectivity index (χ2v) is 6.70. The number of hydrogen-bond donors (Lipinski definition) is 0. The third-order valence-corrected chi connectivity index (χ3v) is 3.82. The van der Waals surface area contributed by atoms with Crippen LogP contribution < -0.4 is 0 Å². The summed E-state index contributed by atoms with van der Waals surface area (Å²) in [5, 5.41) is 1.36. The number of hydroxylamine groups is 4. The predicted molar refractivity (Wildman–Crippen MR) is 116 cm³/mol. The van der Waals surface area contributed by atoms with E-state index in [1.807, 2.05) is 13.8 Å². The molecule has 2 aliphatic rings. The Morgan fingerprint density at radius 2 is 1.09 bits per heavy atom. The van der Waals surface area contributed by atoms with Gasteiger partial charge in [-0.1, -0.05) is 25.5 Å². The molecule has 34 heavy (non-hydrogen) atoms. The van der Waals surface area contributed by atoms with E-state index in [2.05, 4.69) is 35.2 Å². The maximum atomic E-state index is 11.1. The summed E-state index contributed by atoms with van der Waals surface area (Å²) < 4.78 is 18.5. The molecule has 0 N–H and O–H groups in total. The number of nitrogens with zero attached hydrogens (tertiary/aromatic N) is 2. The highest BCUT2D eigenvalue weighted by atomic mass is 16.8. The second-order valence-electron chi connectivity index (χ2n) is 6.70. The van der Waals surface area contributed by atoms with Crippen LogP contribution in [0.15, 0.2) is 12.3 Å². The van der Waals surface area contributed by atoms with Crippen LogP contribution >= 0.6 is 0 Å². The zero-order chi connectivity index (χ0) is 25.9. The third kappa shape index (κ3) is 12.7. The minimum atomic E-state index is -1.02. The van der Waals surface area contributed by atoms with Crippen LogP contribution in [0.3, 0.4) is 0 Å². The van der Waals surface area contributed by atoms with E-state index in [9.17, 15) is 24.0 Å². The number of imide groups is 1. The Morgan fingerprint density at radius 3 is 1.44 bits per heavy atom. The molecule has 0 unspecified atom stereocenters. The molecule has 194 valence electrons. The van der Waals surface area contributed by atoms with E-state index in [-0.39, 0.29) is 32.0 Å². The normalized spacial score (nSPS) is 14.7. The van der Waals surface area contributed by atoms with Crippen molar-refractivity contribution in [2.24, 2.45) is 0 Å². The molecule has 3 amide bonds. The minimum Gasteiger partial charge on any atom is -0.433 e. The molecule has 2 fully saturated rings. The molecule has 0 bridgehead atoms. The van der Waals surface area contributed by atoms with E-state index in [0.717, 1.165) is 5.06 Å². The lowest BCUT2D eigenvalue weighted by atomic mass is 10.3. The topological polar surface area (TPSA) is 147 Å². The summed E-state index contributed by atoms with van der Waals surface area (Å²) in [6.07, 6.45) is 0.513. The van der Waals surface area contributed by atoms with Crippen molar-refractivity contribution in [1.82, 2.24) is 10.1 Å². The molecule has 0 aromatic rings. The quantitative estimate of drug-likeness (QED) is 0.267. The standard InChI is InChI=1S/C9H13NO4.C8H11NO5.C4H10O2/c1-3-6-13-9(12)14-10-7(2)4-5-8(10)11;1-2-5-13-8(12)14-9-6(10)3-4-7(9)11;1-5-3-4-6-2/h2-6H2,1H3;2-5H2,1H3;3-4H2,1-2H3. The van der Waals surface area contributed by atoms with Crippen LogP contribution in [0.4, 0.5) is 9.59 Å². The van der Waals surface area contributed by atoms with Gasteiger partial charge in [-0.25, -0.2) is 9.59 Å². The van der Waals surface area contributed by atoms with Gasteiger partial charge in [0, 0.05) is 33.5 Å². The molecule has 0 radical (unpaired) electrons. The van der Waals surface area contributed by atoms with Gasteiger partial charge >= 0.3 is 12.3 Å². The first kappa shape index (κ1) is 30.8. The molecule has 2 saturated heterocycles. The van der Waals surface area contributed by atoms with Gasteiger partial charge in [0.2, 0.25) is 0 Å². The van der Waals surface area contributed by atoms with E-state index in [4.69, 9.17) is 0 Å². The molecular formula is C21H34N2O11. The Hall–Kier alpha value is -3.19. The van der Waals surface area contributed by atoms with Gasteiger partial charge in [-0.15, -0.1) is 5.06 Å². The van der Waals surface area contributed by atoms with Gasteiger partial charge in [0.25, 0.3) is 17.7 Å². The third-order valence-electron chi connectivity index (χ3n) is 3.82. The van der Waals surface area contributed by atoms with Gasteiger partial charge in [0.1, 0.15) is 0 Å². The van der Waals surface area contributed by atoms with Crippen molar-refractivity contribution in [2.75, 3.05) is 40.6 Å². The largest absolute Gasteiger partial charge is 0.533 e. The Kier molecular flexibility index (Phi) is 16.5. The summed E-state index contributed by atoms with van der Waals surface area (Å²) >= 11 is 0. The zero-order valence-electron chi connectivity index (χ0n) is 20.2. The lowest BCUT2D eigenvalue weighted by molar-refractivity contribution is -0.177. The van der Waals surface area contributed by atoms with Gasteiger partial charge in [-0.2, -0.15) is 0 Å². The molecule has 0 atom stereocenters. The highest BCUT2D eigenvalue weighted by molar-refractivity contribution is 6.01. The highest BCUT2D eigenvalue weighted by Crippen LogP contribution is 2.20. The molecule has 2 rings (SSSR count). The summed E-state index contributed by atoms with van der Waals surface area (Å²) in [7, 11) is 3.30. The Morgan fingerprint density at radius 1 is 0.706 bits per heavy atom. The maximum Gasteiger partial charge on any atom is 0.533 e. The number of carbonyl (C=O) groups is 5. The van der Waals surface area contributed by atoms with Crippen molar-refractivity contribution in [3.05, 3.63) is 12.3 Å². The van der Waals surface area contributed by atoms with Crippen molar-refractivity contribution >= 4 is 30.0 Å². The number of ether oxygens (including phenoxy) is 4. The lowest BCUT2D eigenvalue weighted by Crippen LogP contribution is -2.32. The SMILES string of the molecule is C=C1CCC(=O)N1OC(=O)OCCC.CCCOC(=O)ON1C(=O)CCC1=O.COCCOC. The second kappa shape index (κ2) is 18.3. The number of carbonyl (C=O) groups excluding carboxylic acids is 5. The number of amides is 3. The fourth-order valence-corrected chi connectivity index (χ4v) is 2.14. The van der Waals surface area contributed by atoms with Crippen LogP contribution in [0.5, 0.6) is 0 Å². The summed E-state index contributed by atoms with van der Waals surface area (Å²) in [5.41, 5.74) is 0.489. The van der Waals surface area contributed by atoms with E-state index in [1.54, 1.807) is 14.2 Å². The molecule has 0 aromatic carbocycles. The molecule has 0 aromatic heterocycles. The minimum absolute atomic E-state index is 0.0832. The van der Waals surface area contributed by atoms with Gasteiger partial charge in [0.05, 0.1) is 32.1 Å². The van der Waals surface area contributed by atoms with Crippen molar-refractivity contribution in [3.8, 4) is 0 Å². The zero-order valence-corrected chi connectivity index (χ0v) is 20.2. The molecule has 13 heteroatoms. The number of hydrogen-bond acceptors (Lipinski definition) is 11. The average molecular weight is 491 g/mol. The van der Waals surface area contributed by atoms with Crippen molar-refractivity contribution in [1.29, 1.82) is 0 Å². The molecule has 0 saturated carbocycles. The van der Waals surface area contributed by atoms with Gasteiger partial charge in [-0.3, -0.25) is 24.1 Å². The molecule has 0 spiro atoms. The van der Waals surface area contributed by atoms with Crippen LogP contribution in [0.2, 0.25) is 0 Å². The van der Waals surface area contributed by atoms with Crippen molar-refractivity contribution in [2.45, 2.75) is 52.4 Å². The Balaban J connectivity index is 0.000000521. The first-order chi connectivity index (χ1) is 16.2. The van der Waals surface area contributed by atoms with Gasteiger partial charge in [-0.05, 0) is 19.3 Å². The first-order valence-electron chi connectivity index (χ1n) is 10.7. The summed E-state index contributed by atoms with van der Waals surface area (Å²) in [4.78, 5) is 64.0. The smallest absolute Gasteiger partial charge is 0.433 e. The Labute approximate surface area is 198 Å². The highest BCUT2D eigenvalue weighted by Gasteiger charge is 2.33. The van der Waals surface area contributed by atoms with Crippen LogP contribution in [-0.4, -0.2) is 80.8 Å². The van der Waals surface area contributed by atoms with Crippen LogP contribution in [0.25, 0.3) is 0 Å². The molecule has 0 aliphatic carbocycles. The fourth-order valence-electron chi connectivity index (χ4n) is 2.14. The van der Waals surface area contributed by atoms with Gasteiger partial charge in [0.15, 0.2) is 0 Å². The lowest BCUT2D eigenvalue weighted by Gasteiger charge is -2.14. The Bertz CT molecular complexity index is 606. The fraction of sp³-hybridized carbons (Fsp3) is 0.667. The summed E-state index contributed by atoms with van der Waals surface area (Å²) in [5.74, 6) is -1.28. The average Bonchev–Trinajstić information content (AvgIpc) is 3.31. The number of allylic oxidation sites excluding steroid dienone is 1. The maximum absolute atomic E-state index is 11.1. The van der Waals surface area contributed by atoms with E-state index in [1.165, 1.54) is 0 Å². The molecule has 2 heterocycles. The monoisotopic (exact) mass is 490 g/mol. The number of methoxy groups -OCH3 is 2. The van der Waals surface area contributed by atoms with Gasteiger partial charge < -0.3 is 18.9 Å². The van der Waals surface area contributed by atoms with E-state index < -0.39 is 24.1 Å². The molecule has 2 aliphatic heterocycles. The van der Waals surface area contributed by atoms with Crippen molar-refractivity contribution in [3.63, 3.8) is 0 Å².